The molecule has 0 spiro atoms. The van der Waals surface area contributed by atoms with Crippen LogP contribution >= 0.6 is 96.8 Å². The summed E-state index contributed by atoms with van der Waals surface area (Å²) in [5, 5.41) is 47.2. The number of non-ortho nitro benzene ring substituents is 3. The van der Waals surface area contributed by atoms with E-state index in [2.05, 4.69) is 148 Å². The van der Waals surface area contributed by atoms with Gasteiger partial charge in [0.2, 0.25) is 22.9 Å². The van der Waals surface area contributed by atoms with E-state index in [4.69, 9.17) is 47.8 Å². The summed E-state index contributed by atoms with van der Waals surface area (Å²) in [6, 6.07) is 28.5. The molecule has 0 saturated heterocycles. The van der Waals surface area contributed by atoms with Gasteiger partial charge < -0.3 is 57.5 Å². The lowest BCUT2D eigenvalue weighted by atomic mass is 9.82. The Bertz CT molecular complexity index is 4800. The van der Waals surface area contributed by atoms with E-state index in [0.717, 1.165) is 168 Å². The summed E-state index contributed by atoms with van der Waals surface area (Å²) in [6.45, 7) is 22.2. The summed E-state index contributed by atoms with van der Waals surface area (Å²) >= 11 is 18.1. The quantitative estimate of drug-likeness (QED) is 0.00736. The van der Waals surface area contributed by atoms with Crippen molar-refractivity contribution in [2.24, 2.45) is 23.1 Å². The lowest BCUT2D eigenvalue weighted by Crippen LogP contribution is -2.35. The lowest BCUT2D eigenvalue weighted by Gasteiger charge is -2.31. The predicted molar refractivity (Wildman–Crippen MR) is 501 cm³/mol. The zero-order valence-electron chi connectivity index (χ0n) is 69.7. The molecule has 8 unspecified atom stereocenters. The Kier molecular flexibility index (Phi) is 41.2. The van der Waals surface area contributed by atoms with Crippen molar-refractivity contribution in [3.8, 4) is 0 Å². The van der Waals surface area contributed by atoms with Crippen LogP contribution < -0.4 is 44.2 Å². The van der Waals surface area contributed by atoms with Crippen LogP contribution in [-0.4, -0.2) is 92.2 Å². The first kappa shape index (κ1) is 101. The number of benzene rings is 4. The number of hydrogen-bond donors (Lipinski definition) is 8. The molecule has 122 heavy (non-hydrogen) atoms. The Balaban J connectivity index is 0.000000210. The molecular weight excluding hydrogens is 1760 g/mol. The maximum absolute atomic E-state index is 12.1. The van der Waals surface area contributed by atoms with Crippen LogP contribution in [0.15, 0.2) is 177 Å². The molecule has 4 aliphatic carbocycles. The van der Waals surface area contributed by atoms with E-state index in [1.807, 2.05) is 61.4 Å². The third-order valence-corrected chi connectivity index (χ3v) is 26.5. The van der Waals surface area contributed by atoms with E-state index in [9.17, 15) is 39.5 Å². The number of nitrogens with two attached hydrogens (primary N) is 4. The minimum Gasteiger partial charge on any atom is -0.444 e. The maximum Gasteiger partial charge on any atom is 0.269 e. The molecule has 0 radical (unpaired) electrons. The topological polar surface area (TPSA) is 415 Å². The second-order valence-corrected chi connectivity index (χ2v) is 41.4. The smallest absolute Gasteiger partial charge is 0.269 e. The molecule has 10 aromatic rings. The average molecular weight is 1870 g/mol. The zero-order chi connectivity index (χ0) is 87.8. The van der Waals surface area contributed by atoms with Crippen LogP contribution in [0.2, 0.25) is 0 Å². The highest BCUT2D eigenvalue weighted by molar-refractivity contribution is 9.11. The number of rotatable bonds is 23. The number of allylic oxidation sites excluding steroid dienone is 1. The van der Waals surface area contributed by atoms with E-state index >= 15 is 0 Å². The molecule has 4 fully saturated rings. The van der Waals surface area contributed by atoms with Gasteiger partial charge in [0.15, 0.2) is 14.2 Å². The molecule has 0 aliphatic heterocycles. The van der Waals surface area contributed by atoms with Crippen LogP contribution in [0.4, 0.5) is 48.8 Å². The SMILES string of the molecule is C.C=CC(=O)Cl.CC(C)(C)c1cnc(CSc2cnc(Br)s2)o1.CC(C)(C)c1cnc(CSc2cnc(NC3CCCC(Nc4ccc(N)cc4)C3)s2)o1.CC(C)(C)c1cnc(CSc2cnc(NC3CCCC(Nc4ccc([N+](=O)[O-])cc4)C3)s2)o1.NC1CCCC(Cc2ccc([N+](=O)[O-])cc2)C1.NC1CCCC(N)C1.O=[N+]([O-])c1ccc(F)cc1. The van der Waals surface area contributed by atoms with Crippen molar-refractivity contribution < 1.29 is 37.2 Å². The Morgan fingerprint density at radius 2 is 0.844 bits per heavy atom. The van der Waals surface area contributed by atoms with Gasteiger partial charge in [0.05, 0.1) is 81.8 Å². The van der Waals surface area contributed by atoms with Crippen LogP contribution in [0.1, 0.15) is 213 Å². The molecule has 12 N–H and O–H groups in total. The first-order valence-electron chi connectivity index (χ1n) is 40.1. The van der Waals surface area contributed by atoms with E-state index in [1.165, 1.54) is 73.3 Å². The van der Waals surface area contributed by atoms with Crippen molar-refractivity contribution in [3.63, 3.8) is 0 Å². The van der Waals surface area contributed by atoms with Gasteiger partial charge in [0.1, 0.15) is 23.1 Å². The molecule has 4 aliphatic rings. The molecule has 662 valence electrons. The normalized spacial score (nSPS) is 18.7. The molecule has 0 bridgehead atoms. The van der Waals surface area contributed by atoms with Gasteiger partial charge in [-0.05, 0) is 184 Å². The molecule has 0 amide bonds. The molecule has 6 heterocycles. The monoisotopic (exact) mass is 1870 g/mol. The van der Waals surface area contributed by atoms with Gasteiger partial charge >= 0.3 is 0 Å². The van der Waals surface area contributed by atoms with E-state index in [0.29, 0.717) is 59.7 Å². The Morgan fingerprint density at radius 1 is 0.508 bits per heavy atom. The summed E-state index contributed by atoms with van der Waals surface area (Å²) in [4.78, 5) is 65.9. The summed E-state index contributed by atoms with van der Waals surface area (Å²) in [5.74, 6) is 7.34. The summed E-state index contributed by atoms with van der Waals surface area (Å²) in [5.41, 5.74) is 27.2. The van der Waals surface area contributed by atoms with Crippen molar-refractivity contribution in [3.05, 3.63) is 227 Å². The number of nitrogen functional groups attached to an aromatic ring is 1. The second-order valence-electron chi connectivity index (χ2n) is 32.8. The number of thioether (sulfide) groups is 3. The molecule has 6 aromatic heterocycles. The van der Waals surface area contributed by atoms with Gasteiger partial charge in [-0.25, -0.2) is 34.3 Å². The number of nitro groups is 3. The molecule has 27 nitrogen and oxygen atoms in total. The van der Waals surface area contributed by atoms with Crippen molar-refractivity contribution in [1.82, 2.24) is 29.9 Å². The van der Waals surface area contributed by atoms with Crippen molar-refractivity contribution in [2.45, 2.75) is 267 Å². The van der Waals surface area contributed by atoms with Crippen LogP contribution in [0, 0.1) is 42.1 Å². The number of carbonyl (C=O) groups is 1. The lowest BCUT2D eigenvalue weighted by molar-refractivity contribution is -0.385. The summed E-state index contributed by atoms with van der Waals surface area (Å²) in [7, 11) is 0. The third-order valence-electron chi connectivity index (χ3n) is 19.5. The number of anilines is 5. The van der Waals surface area contributed by atoms with Gasteiger partial charge in [0, 0.05) is 112 Å². The number of aromatic nitrogens is 6. The van der Waals surface area contributed by atoms with Crippen LogP contribution in [0.5, 0.6) is 0 Å². The molecule has 14 rings (SSSR count). The summed E-state index contributed by atoms with van der Waals surface area (Å²) < 4.78 is 34.0. The summed E-state index contributed by atoms with van der Waals surface area (Å²) in [6.07, 6.45) is 31.4. The molecular formula is C86H116BrClFN17O10S6. The van der Waals surface area contributed by atoms with E-state index in [1.54, 1.807) is 93.6 Å². The molecule has 8 atom stereocenters. The van der Waals surface area contributed by atoms with Crippen LogP contribution in [0.25, 0.3) is 0 Å². The van der Waals surface area contributed by atoms with Gasteiger partial charge in [-0.15, -0.1) is 46.6 Å². The van der Waals surface area contributed by atoms with Gasteiger partial charge in [0.25, 0.3) is 17.1 Å². The molecule has 4 saturated carbocycles. The number of oxazole rings is 3. The van der Waals surface area contributed by atoms with E-state index in [-0.39, 0.29) is 50.6 Å². The largest absolute Gasteiger partial charge is 0.444 e. The first-order chi connectivity index (χ1) is 57.5. The van der Waals surface area contributed by atoms with E-state index < -0.39 is 16.0 Å². The number of hydrogen-bond acceptors (Lipinski definition) is 30. The number of nitrogens with zero attached hydrogens (tertiary/aromatic N) is 9. The zero-order valence-corrected chi connectivity index (χ0v) is 77.0. The van der Waals surface area contributed by atoms with Crippen molar-refractivity contribution >= 4 is 146 Å². The van der Waals surface area contributed by atoms with Crippen LogP contribution in [-0.2, 0) is 44.7 Å². The number of halogens is 3. The molecule has 4 aromatic carbocycles. The Labute approximate surface area is 752 Å². The standard InChI is InChI=1S/C23H29N5O3S2.C23H31N5OS2.C13H18N2O2.C11H13BrN2OS2.C6H4FNO2.C6H14N2.C3H3ClO.CH4/c1-23(2,3)19-12-24-20(31-19)14-32-21-13-25-22(33-21)27-17-6-4-5-16(11-17)26-15-7-9-18(10-8-15)28(29)30;1-23(2,3)19-12-25-20(29-19)14-30-21-13-26-22(31-21)28-18-6-4-5-17(11-18)27-16-9-7-15(24)8-10-16;14-12-3-1-2-11(9-12)8-10-4-6-13(7-5-10)15(16)17;1-11(2,3)7-4-13-8(15-7)6-16-9-5-14-10(12)17-9;7-5-1-3-6(4-2-5)8(9)10;7-5-2-1-3-6(8)4-5;1-2-3(4)5;/h7-10,12-13,16-17,26H,4-6,11,14H2,1-3H3,(H,25,27);7-10,12-13,17-18,27H,4-6,11,14,24H2,1-3H3,(H,26,28);4-7,11-12H,1-3,8-9,14H2;4-5H,6H2,1-3H3;1-4H;5-6H,1-4,7-8H2;2H,1H2;1H4. The highest BCUT2D eigenvalue weighted by atomic mass is 79.9. The minimum absolute atomic E-state index is 0. The third kappa shape index (κ3) is 36.8. The number of carbonyl (C=O) groups excluding carboxylic acids is 1. The Hall–Kier alpha value is -8.36. The predicted octanol–water partition coefficient (Wildman–Crippen LogP) is 23.3. The average Bonchev–Trinajstić information content (AvgIpc) is 1.67. The van der Waals surface area contributed by atoms with Gasteiger partial charge in [-0.3, -0.25) is 35.1 Å². The van der Waals surface area contributed by atoms with Crippen molar-refractivity contribution in [2.75, 3.05) is 27.0 Å². The van der Waals surface area contributed by atoms with Gasteiger partial charge in [-0.2, -0.15) is 0 Å². The first-order valence-corrected chi connectivity index (χ1v) is 46.7. The fraction of sp³-hybridized carbons (Fsp3) is 0.477. The highest BCUT2D eigenvalue weighted by Crippen LogP contribution is 2.38. The number of thiazole rings is 3. The molecule has 36 heteroatoms. The maximum atomic E-state index is 12.1. The fourth-order valence-corrected chi connectivity index (χ4v) is 19.2. The highest BCUT2D eigenvalue weighted by Gasteiger charge is 2.28. The Morgan fingerprint density at radius 3 is 1.18 bits per heavy atom. The second kappa shape index (κ2) is 50.0. The van der Waals surface area contributed by atoms with Gasteiger partial charge in [-0.1, -0.05) is 130 Å². The number of nitrogens with one attached hydrogen (secondary N) is 4. The van der Waals surface area contributed by atoms with Crippen LogP contribution in [0.3, 0.4) is 0 Å². The number of nitro benzene ring substituents is 3. The van der Waals surface area contributed by atoms with Crippen molar-refractivity contribution in [1.29, 1.82) is 0 Å². The fourth-order valence-electron chi connectivity index (χ4n) is 13.1. The minimum atomic E-state index is -0.570.